The zero-order valence-electron chi connectivity index (χ0n) is 22.2. The summed E-state index contributed by atoms with van der Waals surface area (Å²) < 4.78 is 2.48. The Labute approximate surface area is 222 Å². The van der Waals surface area contributed by atoms with Gasteiger partial charge < -0.3 is 9.67 Å². The molecule has 0 fully saturated rings. The molecule has 194 valence electrons. The van der Waals surface area contributed by atoms with Crippen LogP contribution in [0.3, 0.4) is 0 Å². The maximum Gasteiger partial charge on any atom is 0.140 e. The Morgan fingerprint density at radius 2 is 1.32 bits per heavy atom. The van der Waals surface area contributed by atoms with Crippen molar-refractivity contribution in [3.05, 3.63) is 102 Å². The van der Waals surface area contributed by atoms with Crippen molar-refractivity contribution in [3.8, 4) is 22.6 Å². The summed E-state index contributed by atoms with van der Waals surface area (Å²) in [6.07, 6.45) is 6.50. The molecule has 0 radical (unpaired) electrons. The van der Waals surface area contributed by atoms with Crippen LogP contribution in [0.25, 0.3) is 22.6 Å². The summed E-state index contributed by atoms with van der Waals surface area (Å²) in [5.74, 6) is 1.06. The number of imidazole rings is 1. The van der Waals surface area contributed by atoms with E-state index in [1.807, 2.05) is 0 Å². The molecule has 0 aliphatic heterocycles. The third-order valence-electron chi connectivity index (χ3n) is 6.89. The molecule has 3 aromatic carbocycles. The van der Waals surface area contributed by atoms with Crippen LogP contribution in [-0.2, 0) is 19.6 Å². The maximum atomic E-state index is 9.18. The summed E-state index contributed by atoms with van der Waals surface area (Å²) in [5, 5.41) is 9.18. The van der Waals surface area contributed by atoms with Gasteiger partial charge in [-0.15, -0.1) is 0 Å². The van der Waals surface area contributed by atoms with E-state index in [-0.39, 0.29) is 6.61 Å². The van der Waals surface area contributed by atoms with E-state index in [1.165, 1.54) is 22.4 Å². The minimum Gasteiger partial charge on any atom is -0.396 e. The average Bonchev–Trinajstić information content (AvgIpc) is 3.31. The van der Waals surface area contributed by atoms with Crippen LogP contribution in [-0.4, -0.2) is 32.7 Å². The standard InChI is InChI=1S/C33H41N3O/c1-2-3-24-36-31(27-35(23-15-4-5-16-25-37)26-28-17-9-6-10-18-28)32(29-19-11-7-12-20-29)34-33(36)30-21-13-8-14-22-30/h6-14,17-22,37H,2-5,15-16,23-27H2,1H3. The third-order valence-corrected chi connectivity index (χ3v) is 6.89. The first-order chi connectivity index (χ1) is 18.3. The lowest BCUT2D eigenvalue weighted by Crippen LogP contribution is -2.26. The van der Waals surface area contributed by atoms with Gasteiger partial charge >= 0.3 is 0 Å². The fraction of sp³-hybridized carbons (Fsp3) is 0.364. The number of aromatic nitrogens is 2. The summed E-state index contributed by atoms with van der Waals surface area (Å²) in [7, 11) is 0. The van der Waals surface area contributed by atoms with Gasteiger partial charge in [-0.1, -0.05) is 117 Å². The van der Waals surface area contributed by atoms with Crippen LogP contribution >= 0.6 is 0 Å². The molecular weight excluding hydrogens is 454 g/mol. The Morgan fingerprint density at radius 1 is 0.703 bits per heavy atom. The minimum atomic E-state index is 0.285. The van der Waals surface area contributed by atoms with E-state index in [4.69, 9.17) is 4.98 Å². The molecule has 0 saturated heterocycles. The van der Waals surface area contributed by atoms with Crippen molar-refractivity contribution in [3.63, 3.8) is 0 Å². The van der Waals surface area contributed by atoms with Crippen molar-refractivity contribution in [1.29, 1.82) is 0 Å². The molecule has 4 rings (SSSR count). The van der Waals surface area contributed by atoms with Gasteiger partial charge in [0, 0.05) is 37.4 Å². The number of nitrogens with zero attached hydrogens (tertiary/aromatic N) is 3. The number of aliphatic hydroxyl groups excluding tert-OH is 1. The Kier molecular flexibility index (Phi) is 10.5. The summed E-state index contributed by atoms with van der Waals surface area (Å²) in [5.41, 5.74) is 6.06. The lowest BCUT2D eigenvalue weighted by atomic mass is 10.1. The van der Waals surface area contributed by atoms with Crippen LogP contribution in [0.4, 0.5) is 0 Å². The molecule has 1 aromatic heterocycles. The van der Waals surface area contributed by atoms with Crippen LogP contribution in [0.5, 0.6) is 0 Å². The lowest BCUT2D eigenvalue weighted by Gasteiger charge is -2.24. The average molecular weight is 496 g/mol. The predicted molar refractivity (Wildman–Crippen MR) is 154 cm³/mol. The van der Waals surface area contributed by atoms with Crippen molar-refractivity contribution in [2.24, 2.45) is 0 Å². The molecule has 1 N–H and O–H groups in total. The van der Waals surface area contributed by atoms with Gasteiger partial charge in [-0.05, 0) is 31.4 Å². The number of aliphatic hydroxyl groups is 1. The van der Waals surface area contributed by atoms with Gasteiger partial charge in [0.2, 0.25) is 0 Å². The zero-order chi connectivity index (χ0) is 25.7. The van der Waals surface area contributed by atoms with Crippen LogP contribution in [0, 0.1) is 0 Å². The van der Waals surface area contributed by atoms with Gasteiger partial charge in [-0.2, -0.15) is 0 Å². The molecule has 4 nitrogen and oxygen atoms in total. The van der Waals surface area contributed by atoms with E-state index in [0.717, 1.165) is 76.2 Å². The molecule has 37 heavy (non-hydrogen) atoms. The highest BCUT2D eigenvalue weighted by Gasteiger charge is 2.21. The van der Waals surface area contributed by atoms with Crippen molar-refractivity contribution in [2.45, 2.75) is 65.1 Å². The molecule has 0 amide bonds. The first kappa shape index (κ1) is 26.8. The smallest absolute Gasteiger partial charge is 0.140 e. The van der Waals surface area contributed by atoms with Gasteiger partial charge in [0.1, 0.15) is 5.82 Å². The van der Waals surface area contributed by atoms with Gasteiger partial charge in [0.15, 0.2) is 0 Å². The molecule has 0 bridgehead atoms. The van der Waals surface area contributed by atoms with Crippen molar-refractivity contribution >= 4 is 0 Å². The van der Waals surface area contributed by atoms with E-state index in [1.54, 1.807) is 0 Å². The Balaban J connectivity index is 1.72. The topological polar surface area (TPSA) is 41.3 Å². The molecule has 0 aliphatic carbocycles. The summed E-state index contributed by atoms with van der Waals surface area (Å²) >= 11 is 0. The van der Waals surface area contributed by atoms with E-state index in [0.29, 0.717) is 0 Å². The highest BCUT2D eigenvalue weighted by atomic mass is 16.2. The molecule has 0 unspecified atom stereocenters. The van der Waals surface area contributed by atoms with Gasteiger partial charge in [-0.25, -0.2) is 4.98 Å². The first-order valence-electron chi connectivity index (χ1n) is 13.9. The van der Waals surface area contributed by atoms with E-state index < -0.39 is 0 Å². The second-order valence-corrected chi connectivity index (χ2v) is 9.80. The molecule has 4 heteroatoms. The molecule has 1 heterocycles. The number of rotatable bonds is 15. The Hall–Kier alpha value is -3.21. The lowest BCUT2D eigenvalue weighted by molar-refractivity contribution is 0.240. The fourth-order valence-electron chi connectivity index (χ4n) is 4.91. The van der Waals surface area contributed by atoms with E-state index >= 15 is 0 Å². The highest BCUT2D eigenvalue weighted by molar-refractivity contribution is 5.68. The maximum absolute atomic E-state index is 9.18. The quantitative estimate of drug-likeness (QED) is 0.173. The van der Waals surface area contributed by atoms with Crippen LogP contribution in [0.1, 0.15) is 56.7 Å². The van der Waals surface area contributed by atoms with Gasteiger partial charge in [0.25, 0.3) is 0 Å². The second-order valence-electron chi connectivity index (χ2n) is 9.80. The van der Waals surface area contributed by atoms with Gasteiger partial charge in [-0.3, -0.25) is 4.90 Å². The molecule has 4 aromatic rings. The SMILES string of the molecule is CCCCn1c(-c2ccccc2)nc(-c2ccccc2)c1CN(CCCCCCO)Cc1ccccc1. The number of hydrogen-bond donors (Lipinski definition) is 1. The van der Waals surface area contributed by atoms with E-state index in [9.17, 15) is 5.11 Å². The summed E-state index contributed by atoms with van der Waals surface area (Å²) in [4.78, 5) is 7.87. The largest absolute Gasteiger partial charge is 0.396 e. The van der Waals surface area contributed by atoms with Crippen molar-refractivity contribution in [2.75, 3.05) is 13.2 Å². The predicted octanol–water partition coefficient (Wildman–Crippen LogP) is 7.57. The van der Waals surface area contributed by atoms with E-state index in [2.05, 4.69) is 107 Å². The monoisotopic (exact) mass is 495 g/mol. The van der Waals surface area contributed by atoms with Gasteiger partial charge in [0.05, 0.1) is 11.4 Å². The number of unbranched alkanes of at least 4 members (excludes halogenated alkanes) is 4. The molecule has 0 spiro atoms. The van der Waals surface area contributed by atoms with Crippen molar-refractivity contribution in [1.82, 2.24) is 14.5 Å². The first-order valence-corrected chi connectivity index (χ1v) is 13.9. The van der Waals surface area contributed by atoms with Crippen LogP contribution in [0.2, 0.25) is 0 Å². The Morgan fingerprint density at radius 3 is 1.97 bits per heavy atom. The summed E-state index contributed by atoms with van der Waals surface area (Å²) in [6, 6.07) is 32.1. The molecular formula is C33H41N3O. The minimum absolute atomic E-state index is 0.285. The molecule has 0 saturated carbocycles. The fourth-order valence-corrected chi connectivity index (χ4v) is 4.91. The highest BCUT2D eigenvalue weighted by Crippen LogP contribution is 2.31. The number of benzene rings is 3. The number of hydrogen-bond acceptors (Lipinski definition) is 3. The molecule has 0 atom stereocenters. The van der Waals surface area contributed by atoms with Crippen LogP contribution < -0.4 is 0 Å². The van der Waals surface area contributed by atoms with Crippen molar-refractivity contribution < 1.29 is 5.11 Å². The second kappa shape index (κ2) is 14.5. The molecule has 0 aliphatic rings. The normalized spacial score (nSPS) is 11.3. The Bertz CT molecular complexity index is 1170. The summed E-state index contributed by atoms with van der Waals surface area (Å²) in [6.45, 7) is 6.29. The van der Waals surface area contributed by atoms with Crippen LogP contribution in [0.15, 0.2) is 91.0 Å². The zero-order valence-corrected chi connectivity index (χ0v) is 22.2. The third kappa shape index (κ3) is 7.64.